The molecule has 86 valence electrons. The molecule has 1 aliphatic heterocycles. The van der Waals surface area contributed by atoms with E-state index in [1.807, 2.05) is 11.8 Å². The summed E-state index contributed by atoms with van der Waals surface area (Å²) in [4.78, 5) is 4.77. The fourth-order valence-electron chi connectivity index (χ4n) is 1.91. The molecule has 0 bridgehead atoms. The summed E-state index contributed by atoms with van der Waals surface area (Å²) in [6, 6.07) is 0.506. The van der Waals surface area contributed by atoms with E-state index in [1.165, 1.54) is 36.6 Å². The van der Waals surface area contributed by atoms with Gasteiger partial charge >= 0.3 is 0 Å². The Morgan fingerprint density at radius 3 is 2.87 bits per heavy atom. The van der Waals surface area contributed by atoms with E-state index in [0.717, 1.165) is 5.92 Å². The van der Waals surface area contributed by atoms with Gasteiger partial charge in [0.1, 0.15) is 0 Å². The lowest BCUT2D eigenvalue weighted by Crippen LogP contribution is -2.39. The summed E-state index contributed by atoms with van der Waals surface area (Å²) in [7, 11) is 0. The van der Waals surface area contributed by atoms with E-state index in [0.29, 0.717) is 6.04 Å². The van der Waals surface area contributed by atoms with E-state index in [4.69, 9.17) is 4.99 Å². The Kier molecular flexibility index (Phi) is 3.29. The second kappa shape index (κ2) is 4.36. The first-order valence-electron chi connectivity index (χ1n) is 6.10. The lowest BCUT2D eigenvalue weighted by atomic mass is 10.0. The Morgan fingerprint density at radius 2 is 2.33 bits per heavy atom. The normalized spacial score (nSPS) is 35.5. The second-order valence-corrected chi connectivity index (χ2v) is 6.25. The van der Waals surface area contributed by atoms with Gasteiger partial charge in [0, 0.05) is 11.3 Å². The molecule has 3 heteroatoms. The zero-order chi connectivity index (χ0) is 10.9. The van der Waals surface area contributed by atoms with Crippen molar-refractivity contribution in [2.45, 2.75) is 58.0 Å². The SMILES string of the molecule is CCC1(C)CSC(=NC(C)CC2CC2)N1. The highest BCUT2D eigenvalue weighted by Crippen LogP contribution is 2.34. The molecule has 0 spiro atoms. The van der Waals surface area contributed by atoms with Crippen LogP contribution in [0.4, 0.5) is 0 Å². The van der Waals surface area contributed by atoms with Crippen LogP contribution in [0.5, 0.6) is 0 Å². The molecule has 2 aliphatic rings. The quantitative estimate of drug-likeness (QED) is 0.797. The van der Waals surface area contributed by atoms with E-state index in [1.54, 1.807) is 0 Å². The summed E-state index contributed by atoms with van der Waals surface area (Å²) in [5, 5.41) is 4.73. The minimum absolute atomic E-state index is 0.281. The van der Waals surface area contributed by atoms with Crippen molar-refractivity contribution in [2.24, 2.45) is 10.9 Å². The first-order valence-corrected chi connectivity index (χ1v) is 7.08. The maximum atomic E-state index is 4.77. The van der Waals surface area contributed by atoms with Gasteiger partial charge in [-0.3, -0.25) is 4.99 Å². The van der Waals surface area contributed by atoms with Crippen LogP contribution in [0.2, 0.25) is 0 Å². The van der Waals surface area contributed by atoms with Gasteiger partial charge in [0.2, 0.25) is 0 Å². The first kappa shape index (κ1) is 11.3. The van der Waals surface area contributed by atoms with Gasteiger partial charge < -0.3 is 5.32 Å². The molecule has 1 saturated heterocycles. The molecule has 1 N–H and O–H groups in total. The van der Waals surface area contributed by atoms with Crippen molar-refractivity contribution in [1.82, 2.24) is 5.32 Å². The minimum Gasteiger partial charge on any atom is -0.359 e. The zero-order valence-electron chi connectivity index (χ0n) is 10.0. The molecule has 0 aromatic heterocycles. The van der Waals surface area contributed by atoms with Gasteiger partial charge in [-0.15, -0.1) is 0 Å². The Hall–Kier alpha value is -0.180. The van der Waals surface area contributed by atoms with Crippen molar-refractivity contribution in [3.63, 3.8) is 0 Å². The molecule has 15 heavy (non-hydrogen) atoms. The molecule has 0 aromatic carbocycles. The number of nitrogens with one attached hydrogen (secondary N) is 1. The van der Waals surface area contributed by atoms with Crippen LogP contribution in [0.15, 0.2) is 4.99 Å². The van der Waals surface area contributed by atoms with Crippen LogP contribution < -0.4 is 5.32 Å². The summed E-state index contributed by atoms with van der Waals surface area (Å²) < 4.78 is 0. The molecule has 0 radical (unpaired) electrons. The predicted octanol–water partition coefficient (Wildman–Crippen LogP) is 3.04. The molecule has 1 saturated carbocycles. The lowest BCUT2D eigenvalue weighted by molar-refractivity contribution is 0.465. The Labute approximate surface area is 97.3 Å². The third-order valence-electron chi connectivity index (χ3n) is 3.43. The van der Waals surface area contributed by atoms with Crippen molar-refractivity contribution in [3.8, 4) is 0 Å². The molecule has 1 heterocycles. The first-order chi connectivity index (χ1) is 7.11. The van der Waals surface area contributed by atoms with Crippen molar-refractivity contribution >= 4 is 16.9 Å². The van der Waals surface area contributed by atoms with Gasteiger partial charge in [0.05, 0.1) is 6.04 Å². The Morgan fingerprint density at radius 1 is 1.60 bits per heavy atom. The molecule has 2 atom stereocenters. The largest absolute Gasteiger partial charge is 0.359 e. The van der Waals surface area contributed by atoms with E-state index >= 15 is 0 Å². The van der Waals surface area contributed by atoms with E-state index < -0.39 is 0 Å². The van der Waals surface area contributed by atoms with Crippen molar-refractivity contribution < 1.29 is 0 Å². The van der Waals surface area contributed by atoms with Crippen molar-refractivity contribution in [3.05, 3.63) is 0 Å². The molecular weight excluding hydrogens is 204 g/mol. The molecule has 2 rings (SSSR count). The lowest BCUT2D eigenvalue weighted by Gasteiger charge is -2.21. The summed E-state index contributed by atoms with van der Waals surface area (Å²) in [6.07, 6.45) is 5.33. The third kappa shape index (κ3) is 3.13. The molecule has 2 fully saturated rings. The molecule has 2 nitrogen and oxygen atoms in total. The number of hydrogen-bond acceptors (Lipinski definition) is 2. The van der Waals surface area contributed by atoms with Crippen LogP contribution in [0.25, 0.3) is 0 Å². The van der Waals surface area contributed by atoms with Crippen LogP contribution in [0.1, 0.15) is 46.5 Å². The molecule has 0 aromatic rings. The van der Waals surface area contributed by atoms with Crippen LogP contribution in [-0.4, -0.2) is 22.5 Å². The van der Waals surface area contributed by atoms with Gasteiger partial charge in [-0.1, -0.05) is 31.5 Å². The highest BCUT2D eigenvalue weighted by atomic mass is 32.2. The highest BCUT2D eigenvalue weighted by molar-refractivity contribution is 8.14. The van der Waals surface area contributed by atoms with E-state index in [2.05, 4.69) is 26.1 Å². The molecule has 0 amide bonds. The van der Waals surface area contributed by atoms with Crippen LogP contribution in [-0.2, 0) is 0 Å². The minimum atomic E-state index is 0.281. The zero-order valence-corrected chi connectivity index (χ0v) is 10.9. The summed E-state index contributed by atoms with van der Waals surface area (Å²) in [5.74, 6) is 2.15. The van der Waals surface area contributed by atoms with Crippen LogP contribution in [0, 0.1) is 5.92 Å². The van der Waals surface area contributed by atoms with Gasteiger partial charge in [0.15, 0.2) is 5.17 Å². The van der Waals surface area contributed by atoms with Gasteiger partial charge in [-0.25, -0.2) is 0 Å². The fourth-order valence-corrected chi connectivity index (χ4v) is 3.21. The average molecular weight is 226 g/mol. The van der Waals surface area contributed by atoms with Crippen molar-refractivity contribution in [2.75, 3.05) is 5.75 Å². The van der Waals surface area contributed by atoms with E-state index in [-0.39, 0.29) is 5.54 Å². The van der Waals surface area contributed by atoms with Gasteiger partial charge in [0.25, 0.3) is 0 Å². The highest BCUT2D eigenvalue weighted by Gasteiger charge is 2.31. The monoisotopic (exact) mass is 226 g/mol. The molecular formula is C12H22N2S. The Bertz CT molecular complexity index is 260. The molecule has 1 aliphatic carbocycles. The number of thioether (sulfide) groups is 1. The maximum Gasteiger partial charge on any atom is 0.157 e. The second-order valence-electron chi connectivity index (χ2n) is 5.29. The topological polar surface area (TPSA) is 24.4 Å². The summed E-state index contributed by atoms with van der Waals surface area (Å²) in [6.45, 7) is 6.77. The summed E-state index contributed by atoms with van der Waals surface area (Å²) in [5.41, 5.74) is 0.281. The van der Waals surface area contributed by atoms with Crippen LogP contribution >= 0.6 is 11.8 Å². The maximum absolute atomic E-state index is 4.77. The fraction of sp³-hybridized carbons (Fsp3) is 0.917. The molecule has 2 unspecified atom stereocenters. The smallest absolute Gasteiger partial charge is 0.157 e. The van der Waals surface area contributed by atoms with Crippen LogP contribution in [0.3, 0.4) is 0 Å². The number of nitrogens with zero attached hydrogens (tertiary/aromatic N) is 1. The summed E-state index contributed by atoms with van der Waals surface area (Å²) >= 11 is 1.89. The number of amidine groups is 1. The van der Waals surface area contributed by atoms with E-state index in [9.17, 15) is 0 Å². The third-order valence-corrected chi connectivity index (χ3v) is 4.69. The number of hydrogen-bond donors (Lipinski definition) is 1. The van der Waals surface area contributed by atoms with Gasteiger partial charge in [-0.2, -0.15) is 0 Å². The standard InChI is InChI=1S/C12H22N2S/c1-4-12(3)8-15-11(14-12)13-9(2)7-10-5-6-10/h9-10H,4-8H2,1-3H3,(H,13,14). The Balaban J connectivity index is 1.85. The van der Waals surface area contributed by atoms with Gasteiger partial charge in [-0.05, 0) is 32.6 Å². The predicted molar refractivity (Wildman–Crippen MR) is 68.5 cm³/mol. The number of rotatable bonds is 4. The number of aliphatic imine (C=N–C) groups is 1. The van der Waals surface area contributed by atoms with Crippen molar-refractivity contribution in [1.29, 1.82) is 0 Å². The average Bonchev–Trinajstić information content (AvgIpc) is 2.91.